The van der Waals surface area contributed by atoms with Crippen LogP contribution >= 0.6 is 0 Å². The molecule has 0 saturated heterocycles. The molecule has 0 aromatic carbocycles. The minimum atomic E-state index is -0.789. The highest BCUT2D eigenvalue weighted by molar-refractivity contribution is 5.71. The maximum absolute atomic E-state index is 12.8. The van der Waals surface area contributed by atoms with Gasteiger partial charge in [-0.3, -0.25) is 14.4 Å². The standard InChI is InChI=1S/C55H98O6/c1-4-7-10-13-16-19-22-25-26-27-28-31-33-36-39-42-45-48-54(57)60-51-52(61-55(58)49-46-43-40-37-34-30-24-21-18-15-12-9-6-3)50-59-53(56)47-44-41-38-35-32-29-23-20-17-14-11-8-5-2/h16,19,25-26,28,31,36,39,52H,4-15,17-18,20-24,27,29-30,32-35,37-38,40-51H2,1-3H3/b19-16-,26-25-,31-28-,39-36-. The van der Waals surface area contributed by atoms with Crippen molar-refractivity contribution in [1.29, 1.82) is 0 Å². The number of hydrogen-bond acceptors (Lipinski definition) is 6. The molecular weight excluding hydrogens is 757 g/mol. The topological polar surface area (TPSA) is 78.9 Å². The number of rotatable bonds is 47. The first-order chi connectivity index (χ1) is 30.0. The second-order valence-corrected chi connectivity index (χ2v) is 17.4. The maximum Gasteiger partial charge on any atom is 0.306 e. The molecule has 61 heavy (non-hydrogen) atoms. The molecule has 6 nitrogen and oxygen atoms in total. The van der Waals surface area contributed by atoms with E-state index in [0.29, 0.717) is 19.3 Å². The van der Waals surface area contributed by atoms with Gasteiger partial charge in [-0.2, -0.15) is 0 Å². The second-order valence-electron chi connectivity index (χ2n) is 17.4. The Balaban J connectivity index is 4.43. The lowest BCUT2D eigenvalue weighted by atomic mass is 10.0. The van der Waals surface area contributed by atoms with E-state index in [2.05, 4.69) is 69.4 Å². The van der Waals surface area contributed by atoms with Crippen molar-refractivity contribution >= 4 is 17.9 Å². The predicted octanol–water partition coefficient (Wildman–Crippen LogP) is 17.1. The van der Waals surface area contributed by atoms with Gasteiger partial charge >= 0.3 is 17.9 Å². The van der Waals surface area contributed by atoms with Crippen LogP contribution in [0.4, 0.5) is 0 Å². The summed E-state index contributed by atoms with van der Waals surface area (Å²) in [5.74, 6) is -0.935. The molecule has 0 aromatic heterocycles. The number of esters is 3. The van der Waals surface area contributed by atoms with Gasteiger partial charge in [0.1, 0.15) is 13.2 Å². The van der Waals surface area contributed by atoms with Crippen LogP contribution in [0.25, 0.3) is 0 Å². The first-order valence-corrected chi connectivity index (χ1v) is 26.1. The van der Waals surface area contributed by atoms with E-state index in [0.717, 1.165) is 64.2 Å². The van der Waals surface area contributed by atoms with Crippen molar-refractivity contribution in [2.24, 2.45) is 0 Å². The van der Waals surface area contributed by atoms with Crippen molar-refractivity contribution in [1.82, 2.24) is 0 Å². The summed E-state index contributed by atoms with van der Waals surface area (Å²) in [4.78, 5) is 37.9. The average Bonchev–Trinajstić information content (AvgIpc) is 3.26. The van der Waals surface area contributed by atoms with Crippen LogP contribution in [0.3, 0.4) is 0 Å². The summed E-state index contributed by atoms with van der Waals surface area (Å²) in [7, 11) is 0. The van der Waals surface area contributed by atoms with Gasteiger partial charge in [0.05, 0.1) is 0 Å². The third-order valence-electron chi connectivity index (χ3n) is 11.3. The molecule has 0 spiro atoms. The Morgan fingerprint density at radius 2 is 0.607 bits per heavy atom. The zero-order valence-electron chi connectivity index (χ0n) is 40.4. The van der Waals surface area contributed by atoms with Gasteiger partial charge < -0.3 is 14.2 Å². The molecule has 0 aliphatic carbocycles. The lowest BCUT2D eigenvalue weighted by Crippen LogP contribution is -2.30. The minimum Gasteiger partial charge on any atom is -0.462 e. The molecule has 0 aliphatic heterocycles. The van der Waals surface area contributed by atoms with E-state index in [4.69, 9.17) is 14.2 Å². The molecule has 0 saturated carbocycles. The van der Waals surface area contributed by atoms with Gasteiger partial charge in [-0.25, -0.2) is 0 Å². The Hall–Kier alpha value is -2.63. The van der Waals surface area contributed by atoms with Gasteiger partial charge in [0.25, 0.3) is 0 Å². The van der Waals surface area contributed by atoms with Crippen LogP contribution in [0.2, 0.25) is 0 Å². The van der Waals surface area contributed by atoms with Crippen LogP contribution in [0.1, 0.15) is 265 Å². The SMILES string of the molecule is CCCCC/C=C\C/C=C\C/C=C\C/C=C\CCCC(=O)OCC(COC(=O)CCCCCCCCCCCCCCC)OC(=O)CCCCCCCCCCCCCCC. The van der Waals surface area contributed by atoms with Crippen molar-refractivity contribution in [2.75, 3.05) is 13.2 Å². The quantitative estimate of drug-likeness (QED) is 0.0263. The third-order valence-corrected chi connectivity index (χ3v) is 11.3. The van der Waals surface area contributed by atoms with E-state index in [1.54, 1.807) is 0 Å². The Labute approximate surface area is 378 Å². The summed E-state index contributed by atoms with van der Waals surface area (Å²) in [5, 5.41) is 0. The fraction of sp³-hybridized carbons (Fsp3) is 0.800. The molecule has 0 heterocycles. The molecule has 1 unspecified atom stereocenters. The van der Waals surface area contributed by atoms with Gasteiger partial charge in [-0.15, -0.1) is 0 Å². The van der Waals surface area contributed by atoms with E-state index in [-0.39, 0.29) is 37.5 Å². The molecule has 0 radical (unpaired) electrons. The van der Waals surface area contributed by atoms with Crippen molar-refractivity contribution in [2.45, 2.75) is 271 Å². The number of allylic oxidation sites excluding steroid dienone is 8. The van der Waals surface area contributed by atoms with Gasteiger partial charge in [0, 0.05) is 19.3 Å². The smallest absolute Gasteiger partial charge is 0.306 e. The Kier molecular flexibility index (Phi) is 47.9. The molecule has 0 N–H and O–H groups in total. The second kappa shape index (κ2) is 50.0. The highest BCUT2D eigenvalue weighted by Gasteiger charge is 2.19. The number of unbranched alkanes of at least 4 members (excludes halogenated alkanes) is 28. The first-order valence-electron chi connectivity index (χ1n) is 26.1. The van der Waals surface area contributed by atoms with Crippen molar-refractivity contribution in [3.05, 3.63) is 48.6 Å². The van der Waals surface area contributed by atoms with Crippen LogP contribution in [0, 0.1) is 0 Å². The summed E-state index contributed by atoms with van der Waals surface area (Å²) in [6.07, 6.45) is 59.5. The van der Waals surface area contributed by atoms with Crippen LogP contribution in [0.15, 0.2) is 48.6 Å². The minimum absolute atomic E-state index is 0.0862. The maximum atomic E-state index is 12.8. The summed E-state index contributed by atoms with van der Waals surface area (Å²) in [5.41, 5.74) is 0. The van der Waals surface area contributed by atoms with E-state index in [9.17, 15) is 14.4 Å². The number of carbonyl (C=O) groups excluding carboxylic acids is 3. The van der Waals surface area contributed by atoms with E-state index in [1.165, 1.54) is 154 Å². The number of hydrogen-bond donors (Lipinski definition) is 0. The monoisotopic (exact) mass is 855 g/mol. The molecule has 0 amide bonds. The molecule has 6 heteroatoms. The molecule has 0 aliphatic rings. The highest BCUT2D eigenvalue weighted by atomic mass is 16.6. The van der Waals surface area contributed by atoms with Crippen LogP contribution in [-0.4, -0.2) is 37.2 Å². The molecule has 354 valence electrons. The third kappa shape index (κ3) is 48.3. The van der Waals surface area contributed by atoms with Crippen molar-refractivity contribution < 1.29 is 28.6 Å². The number of carbonyl (C=O) groups is 3. The molecule has 0 fully saturated rings. The molecular formula is C55H98O6. The highest BCUT2D eigenvalue weighted by Crippen LogP contribution is 2.15. The lowest BCUT2D eigenvalue weighted by Gasteiger charge is -2.18. The fourth-order valence-corrected chi connectivity index (χ4v) is 7.38. The molecule has 0 bridgehead atoms. The number of ether oxygens (including phenoxy) is 3. The van der Waals surface area contributed by atoms with E-state index in [1.807, 2.05) is 0 Å². The first kappa shape index (κ1) is 58.4. The normalized spacial score (nSPS) is 12.4. The van der Waals surface area contributed by atoms with Crippen LogP contribution < -0.4 is 0 Å². The Bertz CT molecular complexity index is 1070. The van der Waals surface area contributed by atoms with Gasteiger partial charge in [0.2, 0.25) is 0 Å². The summed E-state index contributed by atoms with van der Waals surface area (Å²) in [6.45, 7) is 6.58. The van der Waals surface area contributed by atoms with E-state index < -0.39 is 6.10 Å². The summed E-state index contributed by atoms with van der Waals surface area (Å²) < 4.78 is 16.8. The average molecular weight is 855 g/mol. The van der Waals surface area contributed by atoms with Gasteiger partial charge in [0.15, 0.2) is 6.10 Å². The zero-order valence-corrected chi connectivity index (χ0v) is 40.4. The summed E-state index contributed by atoms with van der Waals surface area (Å²) >= 11 is 0. The molecule has 0 aromatic rings. The lowest BCUT2D eigenvalue weighted by molar-refractivity contribution is -0.167. The largest absolute Gasteiger partial charge is 0.462 e. The Morgan fingerprint density at radius 1 is 0.328 bits per heavy atom. The fourth-order valence-electron chi connectivity index (χ4n) is 7.38. The van der Waals surface area contributed by atoms with Crippen LogP contribution in [-0.2, 0) is 28.6 Å². The zero-order chi connectivity index (χ0) is 44.4. The molecule has 0 rings (SSSR count). The van der Waals surface area contributed by atoms with Crippen molar-refractivity contribution in [3.8, 4) is 0 Å². The molecule has 1 atom stereocenters. The summed E-state index contributed by atoms with van der Waals surface area (Å²) in [6, 6.07) is 0. The van der Waals surface area contributed by atoms with Crippen molar-refractivity contribution in [3.63, 3.8) is 0 Å². The van der Waals surface area contributed by atoms with E-state index >= 15 is 0 Å². The van der Waals surface area contributed by atoms with Gasteiger partial charge in [-0.05, 0) is 57.8 Å². The Morgan fingerprint density at radius 3 is 0.984 bits per heavy atom. The van der Waals surface area contributed by atoms with Crippen LogP contribution in [0.5, 0.6) is 0 Å². The predicted molar refractivity (Wildman–Crippen MR) is 261 cm³/mol. The van der Waals surface area contributed by atoms with Gasteiger partial charge in [-0.1, -0.05) is 236 Å².